The molecule has 1 aliphatic heterocycles. The van der Waals surface area contributed by atoms with E-state index < -0.39 is 11.7 Å². The molecule has 8 heteroatoms. The van der Waals surface area contributed by atoms with Crippen LogP contribution >= 0.6 is 12.4 Å². The number of hydrogen-bond donors (Lipinski definition) is 2. The quantitative estimate of drug-likeness (QED) is 0.858. The second-order valence-corrected chi connectivity index (χ2v) is 6.30. The highest BCUT2D eigenvalue weighted by molar-refractivity contribution is 5.85. The molecule has 0 saturated carbocycles. The molecule has 2 aromatic rings. The molecule has 1 aliphatic rings. The van der Waals surface area contributed by atoms with Crippen LogP contribution in [0, 0.1) is 5.92 Å². The summed E-state index contributed by atoms with van der Waals surface area (Å²) in [6, 6.07) is 5.18. The summed E-state index contributed by atoms with van der Waals surface area (Å²) in [5.41, 5.74) is 7.57. The average Bonchev–Trinajstić information content (AvgIpc) is 3.03. The van der Waals surface area contributed by atoms with Gasteiger partial charge in [-0.3, -0.25) is 10.00 Å². The molecule has 3 rings (SSSR count). The molecule has 4 nitrogen and oxygen atoms in total. The van der Waals surface area contributed by atoms with E-state index in [0.717, 1.165) is 62.4 Å². The van der Waals surface area contributed by atoms with Gasteiger partial charge >= 0.3 is 6.18 Å². The van der Waals surface area contributed by atoms with Crippen LogP contribution < -0.4 is 5.73 Å². The Morgan fingerprint density at radius 3 is 2.36 bits per heavy atom. The molecule has 1 aromatic heterocycles. The molecule has 0 radical (unpaired) electrons. The third-order valence-electron chi connectivity index (χ3n) is 4.65. The van der Waals surface area contributed by atoms with Gasteiger partial charge in [-0.2, -0.15) is 18.3 Å². The predicted molar refractivity (Wildman–Crippen MR) is 93.3 cm³/mol. The Labute approximate surface area is 151 Å². The van der Waals surface area contributed by atoms with E-state index >= 15 is 0 Å². The van der Waals surface area contributed by atoms with Crippen LogP contribution in [0.15, 0.2) is 30.5 Å². The van der Waals surface area contributed by atoms with Crippen LogP contribution in [-0.2, 0) is 12.7 Å². The predicted octanol–water partition coefficient (Wildman–Crippen LogP) is 3.69. The normalized spacial score (nSPS) is 16.6. The van der Waals surface area contributed by atoms with E-state index in [1.165, 1.54) is 12.1 Å². The maximum Gasteiger partial charge on any atom is 0.416 e. The molecule has 138 valence electrons. The van der Waals surface area contributed by atoms with Crippen molar-refractivity contribution in [1.82, 2.24) is 15.1 Å². The molecule has 1 saturated heterocycles. The highest BCUT2D eigenvalue weighted by atomic mass is 35.5. The van der Waals surface area contributed by atoms with Crippen molar-refractivity contribution < 1.29 is 13.2 Å². The van der Waals surface area contributed by atoms with Gasteiger partial charge < -0.3 is 5.73 Å². The van der Waals surface area contributed by atoms with Crippen molar-refractivity contribution in [3.8, 4) is 11.3 Å². The number of rotatable bonds is 4. The first-order valence-corrected chi connectivity index (χ1v) is 8.09. The van der Waals surface area contributed by atoms with Crippen LogP contribution in [0.5, 0.6) is 0 Å². The Hall–Kier alpha value is -1.57. The Kier molecular flexibility index (Phi) is 6.48. The van der Waals surface area contributed by atoms with Crippen LogP contribution in [-0.4, -0.2) is 34.7 Å². The van der Waals surface area contributed by atoms with E-state index in [0.29, 0.717) is 11.5 Å². The van der Waals surface area contributed by atoms with Gasteiger partial charge in [-0.1, -0.05) is 12.1 Å². The maximum absolute atomic E-state index is 12.7. The zero-order chi connectivity index (χ0) is 17.2. The minimum absolute atomic E-state index is 0. The zero-order valence-corrected chi connectivity index (χ0v) is 14.5. The van der Waals surface area contributed by atoms with Crippen molar-refractivity contribution in [3.63, 3.8) is 0 Å². The van der Waals surface area contributed by atoms with Gasteiger partial charge in [-0.25, -0.2) is 0 Å². The van der Waals surface area contributed by atoms with Crippen molar-refractivity contribution in [3.05, 3.63) is 41.6 Å². The number of nitrogens with two attached hydrogens (primary N) is 1. The van der Waals surface area contributed by atoms with Crippen LogP contribution in [0.1, 0.15) is 24.0 Å². The Morgan fingerprint density at radius 1 is 1.16 bits per heavy atom. The monoisotopic (exact) mass is 374 g/mol. The van der Waals surface area contributed by atoms with Crippen LogP contribution in [0.3, 0.4) is 0 Å². The second-order valence-electron chi connectivity index (χ2n) is 6.30. The maximum atomic E-state index is 12.7. The van der Waals surface area contributed by atoms with Gasteiger partial charge in [0.05, 0.1) is 17.5 Å². The van der Waals surface area contributed by atoms with E-state index in [9.17, 15) is 13.2 Å². The van der Waals surface area contributed by atoms with Gasteiger partial charge in [-0.15, -0.1) is 12.4 Å². The smallest absolute Gasteiger partial charge is 0.330 e. The Bertz CT molecular complexity index is 661. The number of H-pyrrole nitrogens is 1. The van der Waals surface area contributed by atoms with Crippen molar-refractivity contribution >= 4 is 12.4 Å². The summed E-state index contributed by atoms with van der Waals surface area (Å²) in [7, 11) is 0. The molecule has 0 spiro atoms. The number of nitrogens with zero attached hydrogens (tertiary/aromatic N) is 2. The lowest BCUT2D eigenvalue weighted by Gasteiger charge is -2.31. The number of aromatic amines is 1. The lowest BCUT2D eigenvalue weighted by molar-refractivity contribution is -0.137. The number of alkyl halides is 3. The fourth-order valence-corrected chi connectivity index (χ4v) is 3.13. The third kappa shape index (κ3) is 4.74. The Balaban J connectivity index is 0.00000225. The van der Waals surface area contributed by atoms with Gasteiger partial charge in [0.2, 0.25) is 0 Å². The highest BCUT2D eigenvalue weighted by Crippen LogP contribution is 2.31. The molecule has 0 bridgehead atoms. The van der Waals surface area contributed by atoms with Crippen molar-refractivity contribution in [1.29, 1.82) is 0 Å². The van der Waals surface area contributed by atoms with Gasteiger partial charge in [0.1, 0.15) is 0 Å². The number of piperidine rings is 1. The van der Waals surface area contributed by atoms with Crippen molar-refractivity contribution in [2.75, 3.05) is 19.6 Å². The van der Waals surface area contributed by atoms with Gasteiger partial charge in [0, 0.05) is 12.1 Å². The number of likely N-dealkylation sites (tertiary alicyclic amines) is 1. The average molecular weight is 375 g/mol. The van der Waals surface area contributed by atoms with Crippen LogP contribution in [0.2, 0.25) is 0 Å². The summed E-state index contributed by atoms with van der Waals surface area (Å²) in [6.45, 7) is 3.44. The fourth-order valence-electron chi connectivity index (χ4n) is 3.13. The molecule has 2 heterocycles. The lowest BCUT2D eigenvalue weighted by atomic mass is 9.96. The summed E-state index contributed by atoms with van der Waals surface area (Å²) in [4.78, 5) is 2.34. The first kappa shape index (κ1) is 19.8. The van der Waals surface area contributed by atoms with E-state index in [1.54, 1.807) is 6.20 Å². The topological polar surface area (TPSA) is 57.9 Å². The summed E-state index contributed by atoms with van der Waals surface area (Å²) < 4.78 is 38.0. The lowest BCUT2D eigenvalue weighted by Crippen LogP contribution is -2.35. The van der Waals surface area contributed by atoms with E-state index in [4.69, 9.17) is 5.73 Å². The summed E-state index contributed by atoms with van der Waals surface area (Å²) >= 11 is 0. The van der Waals surface area contributed by atoms with E-state index in [2.05, 4.69) is 15.1 Å². The number of hydrogen-bond acceptors (Lipinski definition) is 3. The molecule has 1 fully saturated rings. The molecule has 3 N–H and O–H groups in total. The third-order valence-corrected chi connectivity index (χ3v) is 4.65. The minimum Gasteiger partial charge on any atom is -0.330 e. The standard InChI is InChI=1S/C17H21F3N4.ClH/c18-17(19,20)15-3-1-13(2-4-15)16-14(10-22-23-16)11-24-7-5-12(9-21)6-8-24;/h1-4,10,12H,5-9,11,21H2,(H,22,23);1H. The van der Waals surface area contributed by atoms with Crippen molar-refractivity contribution in [2.45, 2.75) is 25.6 Å². The molecule has 0 unspecified atom stereocenters. The molecule has 1 aromatic carbocycles. The van der Waals surface area contributed by atoms with E-state index in [1.807, 2.05) is 0 Å². The molecule has 0 atom stereocenters. The minimum atomic E-state index is -4.32. The largest absolute Gasteiger partial charge is 0.416 e. The van der Waals surface area contributed by atoms with Gasteiger partial charge in [0.25, 0.3) is 0 Å². The fraction of sp³-hybridized carbons (Fsp3) is 0.471. The SMILES string of the molecule is Cl.NCC1CCN(Cc2cn[nH]c2-c2ccc(C(F)(F)F)cc2)CC1. The number of halogens is 4. The summed E-state index contributed by atoms with van der Waals surface area (Å²) in [5, 5.41) is 6.98. The molecule has 0 aliphatic carbocycles. The first-order valence-electron chi connectivity index (χ1n) is 8.09. The van der Waals surface area contributed by atoms with Crippen molar-refractivity contribution in [2.24, 2.45) is 11.7 Å². The number of nitrogens with one attached hydrogen (secondary N) is 1. The van der Waals surface area contributed by atoms with Gasteiger partial charge in [-0.05, 0) is 56.1 Å². The summed E-state index contributed by atoms with van der Waals surface area (Å²) in [5.74, 6) is 0.597. The first-order chi connectivity index (χ1) is 11.5. The number of aromatic nitrogens is 2. The molecular weight excluding hydrogens is 353 g/mol. The van der Waals surface area contributed by atoms with Crippen LogP contribution in [0.25, 0.3) is 11.3 Å². The summed E-state index contributed by atoms with van der Waals surface area (Å²) in [6.07, 6.45) is -0.390. The second kappa shape index (κ2) is 8.21. The van der Waals surface area contributed by atoms with Crippen LogP contribution in [0.4, 0.5) is 13.2 Å². The van der Waals surface area contributed by atoms with Gasteiger partial charge in [0.15, 0.2) is 0 Å². The molecule has 25 heavy (non-hydrogen) atoms. The number of benzene rings is 1. The van der Waals surface area contributed by atoms with E-state index in [-0.39, 0.29) is 12.4 Å². The highest BCUT2D eigenvalue weighted by Gasteiger charge is 2.30. The molecular formula is C17H22ClF3N4. The zero-order valence-electron chi connectivity index (χ0n) is 13.7. The Morgan fingerprint density at radius 2 is 1.80 bits per heavy atom. The molecule has 0 amide bonds.